The van der Waals surface area contributed by atoms with E-state index in [4.69, 9.17) is 0 Å². The number of halogens is 3. The summed E-state index contributed by atoms with van der Waals surface area (Å²) in [6.07, 6.45) is 0. The molecule has 0 aromatic rings. The van der Waals surface area contributed by atoms with Crippen LogP contribution in [0.3, 0.4) is 0 Å². The van der Waals surface area contributed by atoms with Gasteiger partial charge in [-0.25, -0.2) is 8.78 Å². The van der Waals surface area contributed by atoms with Gasteiger partial charge >= 0.3 is 0 Å². The van der Waals surface area contributed by atoms with Crippen molar-refractivity contribution in [3.63, 3.8) is 0 Å². The highest BCUT2D eigenvalue weighted by atomic mass is 79.9. The van der Waals surface area contributed by atoms with E-state index < -0.39 is 23.7 Å². The Morgan fingerprint density at radius 1 is 1.69 bits per heavy atom. The van der Waals surface area contributed by atoms with E-state index in [2.05, 4.69) is 27.8 Å². The van der Waals surface area contributed by atoms with Crippen LogP contribution in [0.4, 0.5) is 8.78 Å². The van der Waals surface area contributed by atoms with E-state index in [0.29, 0.717) is 4.48 Å². The minimum atomic E-state index is -2.82. The maximum Gasteiger partial charge on any atom is 0.263 e. The standard InChI is InChI=1S/C8H10BrF2NO/c1-4(9)3-12-7(13)6-5(2)8(6,10)11/h5-6H,1,3H2,2H3,(H,12,13). The Morgan fingerprint density at radius 3 is 2.46 bits per heavy atom. The molecule has 5 heteroatoms. The highest BCUT2D eigenvalue weighted by Crippen LogP contribution is 2.54. The first-order valence-electron chi connectivity index (χ1n) is 3.86. The van der Waals surface area contributed by atoms with Gasteiger partial charge < -0.3 is 5.32 Å². The molecule has 2 atom stereocenters. The van der Waals surface area contributed by atoms with E-state index in [-0.39, 0.29) is 6.54 Å². The number of hydrogen-bond acceptors (Lipinski definition) is 1. The summed E-state index contributed by atoms with van der Waals surface area (Å²) in [5, 5.41) is 2.36. The van der Waals surface area contributed by atoms with Gasteiger partial charge in [-0.1, -0.05) is 29.4 Å². The lowest BCUT2D eigenvalue weighted by Gasteiger charge is -2.01. The molecule has 1 N–H and O–H groups in total. The fourth-order valence-corrected chi connectivity index (χ4v) is 1.31. The molecule has 1 rings (SSSR count). The van der Waals surface area contributed by atoms with Gasteiger partial charge in [0.2, 0.25) is 5.91 Å². The first-order valence-corrected chi connectivity index (χ1v) is 4.65. The van der Waals surface area contributed by atoms with E-state index >= 15 is 0 Å². The van der Waals surface area contributed by atoms with Crippen LogP contribution in [0.2, 0.25) is 0 Å². The summed E-state index contributed by atoms with van der Waals surface area (Å²) >= 11 is 3.02. The molecule has 0 radical (unpaired) electrons. The van der Waals surface area contributed by atoms with Crippen molar-refractivity contribution < 1.29 is 13.6 Å². The lowest BCUT2D eigenvalue weighted by molar-refractivity contribution is -0.124. The molecule has 1 aliphatic rings. The van der Waals surface area contributed by atoms with Gasteiger partial charge in [-0.3, -0.25) is 4.79 Å². The summed E-state index contributed by atoms with van der Waals surface area (Å²) in [5.41, 5.74) is 0. The van der Waals surface area contributed by atoms with Crippen molar-refractivity contribution in [1.82, 2.24) is 5.32 Å². The summed E-state index contributed by atoms with van der Waals surface area (Å²) in [7, 11) is 0. The lowest BCUT2D eigenvalue weighted by Crippen LogP contribution is -2.28. The molecular formula is C8H10BrF2NO. The maximum atomic E-state index is 12.7. The Labute approximate surface area is 83.5 Å². The first kappa shape index (κ1) is 10.6. The maximum absolute atomic E-state index is 12.7. The number of amides is 1. The fourth-order valence-electron chi connectivity index (χ4n) is 1.17. The molecule has 0 bridgehead atoms. The molecule has 0 heterocycles. The van der Waals surface area contributed by atoms with Crippen molar-refractivity contribution in [2.45, 2.75) is 12.8 Å². The molecule has 1 aliphatic carbocycles. The molecule has 0 aromatic heterocycles. The fraction of sp³-hybridized carbons (Fsp3) is 0.625. The van der Waals surface area contributed by atoms with Crippen LogP contribution in [0.1, 0.15) is 6.92 Å². The molecule has 2 unspecified atom stereocenters. The van der Waals surface area contributed by atoms with Gasteiger partial charge in [0.1, 0.15) is 5.92 Å². The average molecular weight is 254 g/mol. The summed E-state index contributed by atoms with van der Waals surface area (Å²) in [6.45, 7) is 5.04. The molecule has 0 aromatic carbocycles. The Kier molecular flexibility index (Phi) is 2.75. The zero-order chi connectivity index (χ0) is 10.2. The molecule has 74 valence electrons. The van der Waals surface area contributed by atoms with E-state index in [1.165, 1.54) is 6.92 Å². The van der Waals surface area contributed by atoms with Gasteiger partial charge in [0, 0.05) is 16.9 Å². The number of carbonyl (C=O) groups is 1. The smallest absolute Gasteiger partial charge is 0.263 e. The summed E-state index contributed by atoms with van der Waals surface area (Å²) in [5.74, 6) is -5.41. The van der Waals surface area contributed by atoms with E-state index in [1.54, 1.807) is 0 Å². The second-order valence-corrected chi connectivity index (χ2v) is 4.30. The van der Waals surface area contributed by atoms with E-state index in [1.807, 2.05) is 0 Å². The molecular weight excluding hydrogens is 244 g/mol. The van der Waals surface area contributed by atoms with Crippen molar-refractivity contribution in [3.8, 4) is 0 Å². The number of hydrogen-bond donors (Lipinski definition) is 1. The molecule has 2 nitrogen and oxygen atoms in total. The van der Waals surface area contributed by atoms with Gasteiger partial charge in [0.25, 0.3) is 5.92 Å². The quantitative estimate of drug-likeness (QED) is 0.818. The Hall–Kier alpha value is -0.450. The summed E-state index contributed by atoms with van der Waals surface area (Å²) in [6, 6.07) is 0. The SMILES string of the molecule is C=C(Br)CNC(=O)C1C(C)C1(F)F. The number of rotatable bonds is 3. The zero-order valence-corrected chi connectivity index (χ0v) is 8.70. The van der Waals surface area contributed by atoms with Crippen LogP contribution < -0.4 is 5.32 Å². The van der Waals surface area contributed by atoms with Crippen molar-refractivity contribution in [2.24, 2.45) is 11.8 Å². The lowest BCUT2D eigenvalue weighted by atomic mass is 10.3. The summed E-state index contributed by atoms with van der Waals surface area (Å²) < 4.78 is 25.9. The van der Waals surface area contributed by atoms with Crippen LogP contribution >= 0.6 is 15.9 Å². The molecule has 0 aliphatic heterocycles. The van der Waals surface area contributed by atoms with Gasteiger partial charge in [-0.2, -0.15) is 0 Å². The average Bonchev–Trinajstić information content (AvgIpc) is 2.47. The molecule has 1 amide bonds. The van der Waals surface area contributed by atoms with Crippen LogP contribution in [-0.4, -0.2) is 18.4 Å². The highest BCUT2D eigenvalue weighted by molar-refractivity contribution is 9.11. The number of alkyl halides is 2. The number of nitrogens with one attached hydrogen (secondary N) is 1. The van der Waals surface area contributed by atoms with Gasteiger partial charge in [-0.15, -0.1) is 0 Å². The third-order valence-electron chi connectivity index (χ3n) is 2.15. The van der Waals surface area contributed by atoms with Crippen LogP contribution in [-0.2, 0) is 4.79 Å². The summed E-state index contributed by atoms with van der Waals surface area (Å²) in [4.78, 5) is 11.1. The van der Waals surface area contributed by atoms with Crippen molar-refractivity contribution in [2.75, 3.05) is 6.54 Å². The third kappa shape index (κ3) is 2.07. The molecule has 1 fully saturated rings. The van der Waals surface area contributed by atoms with Gasteiger partial charge in [0.15, 0.2) is 0 Å². The Balaban J connectivity index is 2.39. The third-order valence-corrected chi connectivity index (χ3v) is 2.43. The molecule has 13 heavy (non-hydrogen) atoms. The van der Waals surface area contributed by atoms with Crippen molar-refractivity contribution >= 4 is 21.8 Å². The van der Waals surface area contributed by atoms with Crippen LogP contribution in [0.5, 0.6) is 0 Å². The predicted octanol–water partition coefficient (Wildman–Crippen LogP) is 1.91. The molecule has 0 spiro atoms. The predicted molar refractivity (Wildman–Crippen MR) is 48.7 cm³/mol. The molecule has 1 saturated carbocycles. The monoisotopic (exact) mass is 253 g/mol. The minimum absolute atomic E-state index is 0.193. The Bertz CT molecular complexity index is 255. The van der Waals surface area contributed by atoms with Crippen molar-refractivity contribution in [1.29, 1.82) is 0 Å². The minimum Gasteiger partial charge on any atom is -0.351 e. The van der Waals surface area contributed by atoms with Crippen LogP contribution in [0.25, 0.3) is 0 Å². The Morgan fingerprint density at radius 2 is 2.15 bits per heavy atom. The van der Waals surface area contributed by atoms with Gasteiger partial charge in [-0.05, 0) is 0 Å². The first-order chi connectivity index (χ1) is 5.87. The van der Waals surface area contributed by atoms with Crippen molar-refractivity contribution in [3.05, 3.63) is 11.1 Å². The second kappa shape index (κ2) is 3.36. The zero-order valence-electron chi connectivity index (χ0n) is 7.11. The largest absolute Gasteiger partial charge is 0.351 e. The second-order valence-electron chi connectivity index (χ2n) is 3.18. The topological polar surface area (TPSA) is 29.1 Å². The number of carbonyl (C=O) groups excluding carboxylic acids is 1. The highest BCUT2D eigenvalue weighted by Gasteiger charge is 2.69. The van der Waals surface area contributed by atoms with Crippen LogP contribution in [0, 0.1) is 11.8 Å². The van der Waals surface area contributed by atoms with E-state index in [9.17, 15) is 13.6 Å². The normalized spacial score (nSPS) is 29.5. The molecule has 0 saturated heterocycles. The van der Waals surface area contributed by atoms with E-state index in [0.717, 1.165) is 0 Å². The van der Waals surface area contributed by atoms with Gasteiger partial charge in [0.05, 0.1) is 0 Å². The van der Waals surface area contributed by atoms with Crippen LogP contribution in [0.15, 0.2) is 11.1 Å².